The molecule has 1 aromatic rings. The number of aryl methyl sites for hydroxylation is 1. The van der Waals surface area contributed by atoms with Gasteiger partial charge in [-0.25, -0.2) is 0 Å². The summed E-state index contributed by atoms with van der Waals surface area (Å²) >= 11 is 0. The third-order valence-corrected chi connectivity index (χ3v) is 2.49. The number of aromatic nitrogens is 2. The third kappa shape index (κ3) is 1.67. The van der Waals surface area contributed by atoms with Crippen LogP contribution in [0.1, 0.15) is 30.3 Å². The maximum Gasteiger partial charge on any atom is 0.232 e. The number of hydrogen-bond acceptors (Lipinski definition) is 3. The average Bonchev–Trinajstić information content (AvgIpc) is 2.49. The minimum atomic E-state index is 0.126. The van der Waals surface area contributed by atoms with Gasteiger partial charge in [0.1, 0.15) is 5.82 Å². The molecule has 1 aromatic heterocycles. The number of rotatable bonds is 1. The summed E-state index contributed by atoms with van der Waals surface area (Å²) < 4.78 is 5.25. The molecule has 1 saturated heterocycles. The van der Waals surface area contributed by atoms with Crippen LogP contribution < -0.4 is 0 Å². The maximum atomic E-state index is 9.30. The number of ether oxygens (including phenoxy) is 1. The highest BCUT2D eigenvalue weighted by atomic mass is 16.5. The van der Waals surface area contributed by atoms with Gasteiger partial charge in [0.25, 0.3) is 0 Å². The van der Waals surface area contributed by atoms with Gasteiger partial charge in [-0.05, 0) is 19.8 Å². The van der Waals surface area contributed by atoms with Crippen molar-refractivity contribution < 1.29 is 9.84 Å². The molecule has 0 spiro atoms. The van der Waals surface area contributed by atoms with E-state index >= 15 is 0 Å². The SMILES string of the molecule is Cc1[nH]c(C2CCOCC2)nc1O. The molecule has 4 nitrogen and oxygen atoms in total. The molecule has 0 aromatic carbocycles. The molecule has 1 aliphatic rings. The zero-order valence-electron chi connectivity index (χ0n) is 7.71. The van der Waals surface area contributed by atoms with Gasteiger partial charge in [0.15, 0.2) is 0 Å². The van der Waals surface area contributed by atoms with Crippen molar-refractivity contribution in [2.24, 2.45) is 0 Å². The third-order valence-electron chi connectivity index (χ3n) is 2.49. The van der Waals surface area contributed by atoms with Crippen LogP contribution in [0.3, 0.4) is 0 Å². The lowest BCUT2D eigenvalue weighted by molar-refractivity contribution is 0.0837. The molecule has 0 unspecified atom stereocenters. The highest BCUT2D eigenvalue weighted by Crippen LogP contribution is 2.26. The van der Waals surface area contributed by atoms with Crippen molar-refractivity contribution in [3.8, 4) is 5.88 Å². The number of H-pyrrole nitrogens is 1. The molecule has 2 N–H and O–H groups in total. The van der Waals surface area contributed by atoms with Crippen LogP contribution in [0.2, 0.25) is 0 Å². The fourth-order valence-electron chi connectivity index (χ4n) is 1.64. The van der Waals surface area contributed by atoms with Gasteiger partial charge < -0.3 is 14.8 Å². The molecule has 2 heterocycles. The molecule has 0 radical (unpaired) electrons. The number of nitrogens with one attached hydrogen (secondary N) is 1. The first-order chi connectivity index (χ1) is 6.27. The molecule has 0 amide bonds. The zero-order valence-corrected chi connectivity index (χ0v) is 7.71. The van der Waals surface area contributed by atoms with Crippen LogP contribution in [0.15, 0.2) is 0 Å². The van der Waals surface area contributed by atoms with Crippen LogP contribution in [0.4, 0.5) is 0 Å². The molecule has 72 valence electrons. The summed E-state index contributed by atoms with van der Waals surface area (Å²) in [5, 5.41) is 9.30. The van der Waals surface area contributed by atoms with Crippen molar-refractivity contribution in [3.63, 3.8) is 0 Å². The second-order valence-electron chi connectivity index (χ2n) is 3.46. The maximum absolute atomic E-state index is 9.30. The van der Waals surface area contributed by atoms with Gasteiger partial charge in [-0.1, -0.05) is 0 Å². The van der Waals surface area contributed by atoms with Gasteiger partial charge in [-0.3, -0.25) is 0 Å². The molecule has 2 rings (SSSR count). The van der Waals surface area contributed by atoms with Crippen molar-refractivity contribution >= 4 is 0 Å². The van der Waals surface area contributed by atoms with Crippen LogP contribution in [-0.2, 0) is 4.74 Å². The summed E-state index contributed by atoms with van der Waals surface area (Å²) in [6, 6.07) is 0. The van der Waals surface area contributed by atoms with E-state index in [1.807, 2.05) is 6.92 Å². The van der Waals surface area contributed by atoms with Crippen molar-refractivity contribution in [3.05, 3.63) is 11.5 Å². The molecule has 1 aliphatic heterocycles. The van der Waals surface area contributed by atoms with Gasteiger partial charge in [0.2, 0.25) is 5.88 Å². The largest absolute Gasteiger partial charge is 0.492 e. The van der Waals surface area contributed by atoms with Crippen molar-refractivity contribution in [1.82, 2.24) is 9.97 Å². The first kappa shape index (κ1) is 8.56. The van der Waals surface area contributed by atoms with E-state index in [1.165, 1.54) is 0 Å². The molecule has 0 bridgehead atoms. The van der Waals surface area contributed by atoms with Gasteiger partial charge in [-0.15, -0.1) is 0 Å². The summed E-state index contributed by atoms with van der Waals surface area (Å²) in [5.41, 5.74) is 0.751. The highest BCUT2D eigenvalue weighted by molar-refractivity contribution is 5.19. The number of nitrogens with zero attached hydrogens (tertiary/aromatic N) is 1. The quantitative estimate of drug-likeness (QED) is 0.688. The van der Waals surface area contributed by atoms with E-state index in [2.05, 4.69) is 9.97 Å². The number of imidazole rings is 1. The van der Waals surface area contributed by atoms with E-state index in [0.717, 1.165) is 37.6 Å². The lowest BCUT2D eigenvalue weighted by Crippen LogP contribution is -2.15. The van der Waals surface area contributed by atoms with E-state index in [4.69, 9.17) is 4.74 Å². The summed E-state index contributed by atoms with van der Waals surface area (Å²) in [5.74, 6) is 1.45. The number of aromatic amines is 1. The lowest BCUT2D eigenvalue weighted by atomic mass is 10.00. The molecule has 1 fully saturated rings. The van der Waals surface area contributed by atoms with Gasteiger partial charge >= 0.3 is 0 Å². The Kier molecular flexibility index (Phi) is 2.22. The first-order valence-electron chi connectivity index (χ1n) is 4.60. The molecule has 13 heavy (non-hydrogen) atoms. The molecule has 0 aliphatic carbocycles. The van der Waals surface area contributed by atoms with E-state index < -0.39 is 0 Å². The Morgan fingerprint density at radius 3 is 2.69 bits per heavy atom. The fraction of sp³-hybridized carbons (Fsp3) is 0.667. The fourth-order valence-corrected chi connectivity index (χ4v) is 1.64. The van der Waals surface area contributed by atoms with Crippen LogP contribution in [0.5, 0.6) is 5.88 Å². The highest BCUT2D eigenvalue weighted by Gasteiger charge is 2.19. The Hall–Kier alpha value is -1.03. The number of hydrogen-bond donors (Lipinski definition) is 2. The van der Waals surface area contributed by atoms with E-state index in [0.29, 0.717) is 5.92 Å². The lowest BCUT2D eigenvalue weighted by Gasteiger charge is -2.19. The predicted octanol–water partition coefficient (Wildman–Crippen LogP) is 1.32. The molecule has 0 atom stereocenters. The minimum absolute atomic E-state index is 0.126. The smallest absolute Gasteiger partial charge is 0.232 e. The second-order valence-corrected chi connectivity index (χ2v) is 3.46. The predicted molar refractivity (Wildman–Crippen MR) is 47.8 cm³/mol. The molecule has 0 saturated carbocycles. The van der Waals surface area contributed by atoms with Crippen LogP contribution in [0.25, 0.3) is 0 Å². The van der Waals surface area contributed by atoms with Crippen molar-refractivity contribution in [1.29, 1.82) is 0 Å². The Labute approximate surface area is 77.0 Å². The topological polar surface area (TPSA) is 58.1 Å². The standard InChI is InChI=1S/C9H14N2O2/c1-6-9(12)11-8(10-6)7-2-4-13-5-3-7/h7,12H,2-5H2,1H3,(H,10,11). The van der Waals surface area contributed by atoms with Gasteiger partial charge in [-0.2, -0.15) is 4.98 Å². The van der Waals surface area contributed by atoms with Crippen LogP contribution in [0, 0.1) is 6.92 Å². The summed E-state index contributed by atoms with van der Waals surface area (Å²) in [7, 11) is 0. The normalized spacial score (nSPS) is 19.2. The van der Waals surface area contributed by atoms with Crippen LogP contribution in [-0.4, -0.2) is 28.3 Å². The molecule has 4 heteroatoms. The molecular weight excluding hydrogens is 168 g/mol. The Morgan fingerprint density at radius 2 is 2.15 bits per heavy atom. The number of aromatic hydroxyl groups is 1. The zero-order chi connectivity index (χ0) is 9.26. The van der Waals surface area contributed by atoms with E-state index in [9.17, 15) is 5.11 Å². The Balaban J connectivity index is 2.14. The van der Waals surface area contributed by atoms with Crippen molar-refractivity contribution in [2.75, 3.05) is 13.2 Å². The van der Waals surface area contributed by atoms with Gasteiger partial charge in [0, 0.05) is 19.1 Å². The van der Waals surface area contributed by atoms with E-state index in [1.54, 1.807) is 0 Å². The summed E-state index contributed by atoms with van der Waals surface area (Å²) in [4.78, 5) is 7.18. The summed E-state index contributed by atoms with van der Waals surface area (Å²) in [6.07, 6.45) is 1.98. The van der Waals surface area contributed by atoms with Gasteiger partial charge in [0.05, 0.1) is 5.69 Å². The average molecular weight is 182 g/mol. The second kappa shape index (κ2) is 3.38. The Bertz CT molecular complexity index is 270. The Morgan fingerprint density at radius 1 is 1.46 bits per heavy atom. The van der Waals surface area contributed by atoms with Crippen molar-refractivity contribution in [2.45, 2.75) is 25.7 Å². The first-order valence-corrected chi connectivity index (χ1v) is 4.60. The minimum Gasteiger partial charge on any atom is -0.492 e. The van der Waals surface area contributed by atoms with E-state index in [-0.39, 0.29) is 5.88 Å². The molecular formula is C9H14N2O2. The summed E-state index contributed by atoms with van der Waals surface area (Å²) in [6.45, 7) is 3.42. The van der Waals surface area contributed by atoms with Crippen LogP contribution >= 0.6 is 0 Å². The monoisotopic (exact) mass is 182 g/mol.